The minimum Gasteiger partial charge on any atom is -0.496 e. The van der Waals surface area contributed by atoms with Crippen LogP contribution in [0.1, 0.15) is 24.4 Å². The Bertz CT molecular complexity index is 603. The number of benzene rings is 1. The van der Waals surface area contributed by atoms with Crippen molar-refractivity contribution in [2.45, 2.75) is 44.3 Å². The third-order valence-corrected chi connectivity index (χ3v) is 5.28. The second-order valence-electron chi connectivity index (χ2n) is 7.14. The molecule has 1 aliphatic heterocycles. The summed E-state index contributed by atoms with van der Waals surface area (Å²) >= 11 is 0. The van der Waals surface area contributed by atoms with E-state index < -0.39 is 26.2 Å². The number of rotatable bonds is 5. The Morgan fingerprint density at radius 2 is 1.88 bits per heavy atom. The van der Waals surface area contributed by atoms with E-state index in [1.165, 1.54) is 7.11 Å². The van der Waals surface area contributed by atoms with Crippen LogP contribution >= 0.6 is 0 Å². The lowest BCUT2D eigenvalue weighted by Crippen LogP contribution is -2.58. The molecule has 0 bridgehead atoms. The van der Waals surface area contributed by atoms with Crippen molar-refractivity contribution in [2.24, 2.45) is 0 Å². The molecule has 1 fully saturated rings. The third kappa shape index (κ3) is 4.16. The quantitative estimate of drug-likeness (QED) is 0.585. The van der Waals surface area contributed by atoms with Crippen LogP contribution in [0.3, 0.4) is 0 Å². The molecule has 7 heteroatoms. The lowest BCUT2D eigenvalue weighted by Gasteiger charge is -2.50. The first-order valence-electron chi connectivity index (χ1n) is 8.51. The molecule has 140 valence electrons. The molecule has 6 nitrogen and oxygen atoms in total. The molecule has 2 atom stereocenters. The zero-order valence-corrected chi connectivity index (χ0v) is 17.0. The van der Waals surface area contributed by atoms with E-state index in [1.807, 2.05) is 24.3 Å². The Labute approximate surface area is 151 Å². The molecule has 1 aromatic rings. The minimum atomic E-state index is -1.96. The first kappa shape index (κ1) is 19.7. The second-order valence-corrected chi connectivity index (χ2v) is 11.6. The van der Waals surface area contributed by atoms with Crippen LogP contribution < -0.4 is 4.74 Å². The van der Waals surface area contributed by atoms with E-state index in [-0.39, 0.29) is 0 Å². The van der Waals surface area contributed by atoms with E-state index in [0.717, 1.165) is 12.0 Å². The maximum absolute atomic E-state index is 12.5. The summed E-state index contributed by atoms with van der Waals surface area (Å²) in [7, 11) is 2.70. The van der Waals surface area contributed by atoms with Gasteiger partial charge in [-0.1, -0.05) is 18.2 Å². The Morgan fingerprint density at radius 1 is 1.20 bits per heavy atom. The van der Waals surface area contributed by atoms with Crippen molar-refractivity contribution in [2.75, 3.05) is 27.9 Å². The number of para-hydroxylation sites is 1. The molecular formula is C18H29NO5Si. The summed E-state index contributed by atoms with van der Waals surface area (Å²) in [4.78, 5) is 14.2. The maximum Gasteiger partial charge on any atom is 0.410 e. The van der Waals surface area contributed by atoms with E-state index in [1.54, 1.807) is 19.1 Å². The summed E-state index contributed by atoms with van der Waals surface area (Å²) in [5, 5.41) is 0. The van der Waals surface area contributed by atoms with Gasteiger partial charge < -0.3 is 18.6 Å². The number of methoxy groups -OCH3 is 3. The summed E-state index contributed by atoms with van der Waals surface area (Å²) < 4.78 is 23.1. The largest absolute Gasteiger partial charge is 0.496 e. The van der Waals surface area contributed by atoms with E-state index in [0.29, 0.717) is 18.7 Å². The highest BCUT2D eigenvalue weighted by Gasteiger charge is 2.52. The smallest absolute Gasteiger partial charge is 0.410 e. The number of piperidine rings is 1. The Hall–Kier alpha value is -1.57. The van der Waals surface area contributed by atoms with Gasteiger partial charge in [-0.2, -0.15) is 0 Å². The lowest BCUT2D eigenvalue weighted by molar-refractivity contribution is -0.229. The average molecular weight is 368 g/mol. The maximum atomic E-state index is 12.5. The van der Waals surface area contributed by atoms with Crippen molar-refractivity contribution in [3.05, 3.63) is 29.8 Å². The number of carbonyl (C=O) groups is 1. The molecule has 0 aliphatic carbocycles. The number of hydrogen-bond acceptors (Lipinski definition) is 5. The molecule has 0 aromatic heterocycles. The Kier molecular flexibility index (Phi) is 6.13. The molecule has 1 amide bonds. The van der Waals surface area contributed by atoms with Gasteiger partial charge in [0.25, 0.3) is 0 Å². The molecule has 0 N–H and O–H groups in total. The molecule has 1 heterocycles. The molecule has 1 aromatic carbocycles. The molecule has 0 spiro atoms. The normalized spacial score (nSPS) is 24.1. The summed E-state index contributed by atoms with van der Waals surface area (Å²) in [6, 6.07) is 7.22. The fourth-order valence-electron chi connectivity index (χ4n) is 3.49. The van der Waals surface area contributed by atoms with Crippen LogP contribution in [0.25, 0.3) is 0 Å². The number of nitrogens with zero attached hydrogens (tertiary/aromatic N) is 1. The summed E-state index contributed by atoms with van der Waals surface area (Å²) in [6.07, 6.45) is 1.08. The van der Waals surface area contributed by atoms with Crippen molar-refractivity contribution >= 4 is 14.4 Å². The van der Waals surface area contributed by atoms with Crippen LogP contribution in [0.2, 0.25) is 19.6 Å². The van der Waals surface area contributed by atoms with Gasteiger partial charge in [0.1, 0.15) is 11.8 Å². The van der Waals surface area contributed by atoms with Gasteiger partial charge >= 0.3 is 6.09 Å². The molecule has 0 saturated carbocycles. The number of hydrogen-bond donors (Lipinski definition) is 0. The van der Waals surface area contributed by atoms with Crippen LogP contribution in [0.5, 0.6) is 5.75 Å². The van der Waals surface area contributed by atoms with Crippen LogP contribution in [-0.4, -0.2) is 53.0 Å². The van der Waals surface area contributed by atoms with E-state index in [4.69, 9.17) is 18.6 Å². The van der Waals surface area contributed by atoms with Gasteiger partial charge in [-0.25, -0.2) is 4.79 Å². The van der Waals surface area contributed by atoms with E-state index in [9.17, 15) is 4.79 Å². The summed E-state index contributed by atoms with van der Waals surface area (Å²) in [5.74, 6) is -0.227. The average Bonchev–Trinajstić information content (AvgIpc) is 2.59. The number of amides is 1. The lowest BCUT2D eigenvalue weighted by atomic mass is 9.88. The van der Waals surface area contributed by atoms with Gasteiger partial charge in [0, 0.05) is 25.6 Å². The van der Waals surface area contributed by atoms with E-state index in [2.05, 4.69) is 19.6 Å². The Morgan fingerprint density at radius 3 is 2.44 bits per heavy atom. The van der Waals surface area contributed by atoms with Gasteiger partial charge in [0.05, 0.1) is 14.2 Å². The van der Waals surface area contributed by atoms with Crippen molar-refractivity contribution in [3.8, 4) is 5.75 Å². The molecule has 2 unspecified atom stereocenters. The number of carbonyl (C=O) groups excluding carboxylic acids is 1. The number of ether oxygens (including phenoxy) is 3. The fraction of sp³-hybridized carbons (Fsp3) is 0.611. The van der Waals surface area contributed by atoms with Gasteiger partial charge in [-0.15, -0.1) is 0 Å². The van der Waals surface area contributed by atoms with Crippen molar-refractivity contribution in [1.82, 2.24) is 4.90 Å². The van der Waals surface area contributed by atoms with Gasteiger partial charge in [0.2, 0.25) is 0 Å². The topological polar surface area (TPSA) is 57.2 Å². The standard InChI is InChI=1S/C18H29NO5Si/c1-21-15-11-8-7-10-14(15)16-18(23-3,24-25(4,5)6)12-9-13-19(16)17(20)22-2/h7-8,10-11,16H,9,12-13H2,1-6H3. The minimum absolute atomic E-state index is 0.392. The van der Waals surface area contributed by atoms with Crippen LogP contribution in [0.15, 0.2) is 24.3 Å². The highest BCUT2D eigenvalue weighted by molar-refractivity contribution is 6.69. The van der Waals surface area contributed by atoms with Crippen molar-refractivity contribution < 1.29 is 23.4 Å². The van der Waals surface area contributed by atoms with Gasteiger partial charge in [-0.3, -0.25) is 4.90 Å². The molecule has 2 rings (SSSR count). The van der Waals surface area contributed by atoms with Crippen LogP contribution in [0.4, 0.5) is 4.79 Å². The highest BCUT2D eigenvalue weighted by atomic mass is 28.4. The van der Waals surface area contributed by atoms with Gasteiger partial charge in [-0.05, 0) is 32.1 Å². The molecule has 25 heavy (non-hydrogen) atoms. The predicted molar refractivity (Wildman–Crippen MR) is 98.3 cm³/mol. The van der Waals surface area contributed by atoms with Crippen molar-refractivity contribution in [1.29, 1.82) is 0 Å². The fourth-order valence-corrected chi connectivity index (χ4v) is 4.82. The van der Waals surface area contributed by atoms with Crippen molar-refractivity contribution in [3.63, 3.8) is 0 Å². The summed E-state index contributed by atoms with van der Waals surface area (Å²) in [5.41, 5.74) is 0.857. The first-order valence-corrected chi connectivity index (χ1v) is 11.9. The van der Waals surface area contributed by atoms with E-state index >= 15 is 0 Å². The zero-order valence-electron chi connectivity index (χ0n) is 16.0. The van der Waals surface area contributed by atoms with Gasteiger partial charge in [0.15, 0.2) is 14.1 Å². The molecule has 1 aliphatic rings. The van der Waals surface area contributed by atoms with Crippen LogP contribution in [0, 0.1) is 0 Å². The molecule has 1 saturated heterocycles. The highest BCUT2D eigenvalue weighted by Crippen LogP contribution is 2.46. The van der Waals surface area contributed by atoms with Crippen LogP contribution in [-0.2, 0) is 13.9 Å². The second kappa shape index (κ2) is 7.76. The third-order valence-electron chi connectivity index (χ3n) is 4.32. The zero-order chi connectivity index (χ0) is 18.7. The first-order chi connectivity index (χ1) is 11.8. The predicted octanol–water partition coefficient (Wildman–Crippen LogP) is 3.79. The SMILES string of the molecule is COC(=O)N1CCCC(OC)(O[Si](C)(C)C)C1c1ccccc1OC. The monoisotopic (exact) mass is 367 g/mol. The Balaban J connectivity index is 2.61. The number of likely N-dealkylation sites (tertiary alicyclic amines) is 1. The molecule has 0 radical (unpaired) electrons. The molecular weight excluding hydrogens is 338 g/mol. The summed E-state index contributed by atoms with van der Waals surface area (Å²) in [6.45, 7) is 6.92.